The molecule has 1 atom stereocenters. The van der Waals surface area contributed by atoms with E-state index in [0.717, 1.165) is 28.2 Å². The second kappa shape index (κ2) is 5.67. The molecule has 5 heteroatoms. The van der Waals surface area contributed by atoms with Gasteiger partial charge in [-0.2, -0.15) is 0 Å². The molecule has 1 aromatic rings. The number of amides is 1. The lowest BCUT2D eigenvalue weighted by atomic mass is 10.0. The van der Waals surface area contributed by atoms with Gasteiger partial charge in [-0.3, -0.25) is 10.1 Å². The number of rotatable bonds is 2. The van der Waals surface area contributed by atoms with E-state index in [1.54, 1.807) is 0 Å². The zero-order valence-corrected chi connectivity index (χ0v) is 15.6. The normalized spacial score (nSPS) is 24.3. The third kappa shape index (κ3) is 2.68. The van der Waals surface area contributed by atoms with Gasteiger partial charge in [0.2, 0.25) is 5.91 Å². The van der Waals surface area contributed by atoms with E-state index >= 15 is 0 Å². The van der Waals surface area contributed by atoms with Crippen LogP contribution in [0.25, 0.3) is 0 Å². The summed E-state index contributed by atoms with van der Waals surface area (Å²) in [4.78, 5) is 14.5. The Labute approximate surface area is 142 Å². The first-order valence-corrected chi connectivity index (χ1v) is 9.01. The number of halogens is 2. The third-order valence-electron chi connectivity index (χ3n) is 4.92. The number of nitrogens with zero attached hydrogens (tertiary/aromatic N) is 1. The molecule has 1 spiro atoms. The van der Waals surface area contributed by atoms with Crippen LogP contribution in [0.5, 0.6) is 0 Å². The summed E-state index contributed by atoms with van der Waals surface area (Å²) in [6.07, 6.45) is 5.31. The molecule has 1 aliphatic carbocycles. The first-order valence-electron chi connectivity index (χ1n) is 7.43. The van der Waals surface area contributed by atoms with Crippen molar-refractivity contribution in [2.45, 2.75) is 50.7 Å². The fourth-order valence-electron chi connectivity index (χ4n) is 3.56. The summed E-state index contributed by atoms with van der Waals surface area (Å²) in [5, 5.41) is 3.61. The van der Waals surface area contributed by atoms with E-state index in [9.17, 15) is 4.79 Å². The average molecular weight is 416 g/mol. The molecule has 3 nitrogen and oxygen atoms in total. The molecule has 0 bridgehead atoms. The predicted molar refractivity (Wildman–Crippen MR) is 91.2 cm³/mol. The zero-order chi connectivity index (χ0) is 15.2. The van der Waals surface area contributed by atoms with Gasteiger partial charge in [0.15, 0.2) is 0 Å². The Balaban J connectivity index is 1.81. The van der Waals surface area contributed by atoms with E-state index in [1.807, 2.05) is 11.9 Å². The summed E-state index contributed by atoms with van der Waals surface area (Å²) < 4.78 is 2.17. The van der Waals surface area contributed by atoms with E-state index in [0.29, 0.717) is 0 Å². The van der Waals surface area contributed by atoms with Gasteiger partial charge in [-0.25, -0.2) is 0 Å². The lowest BCUT2D eigenvalue weighted by Gasteiger charge is -2.31. The van der Waals surface area contributed by atoms with E-state index in [4.69, 9.17) is 0 Å². The topological polar surface area (TPSA) is 32.3 Å². The van der Waals surface area contributed by atoms with Crippen LogP contribution in [0.3, 0.4) is 0 Å². The SMILES string of the molecule is Cc1c(Br)cc(C[C@@H]2NC3(CCCC3)N(C)C2=O)cc1Br. The number of likely N-dealkylation sites (N-methyl/N-ethyl adjacent to an activating group) is 1. The Bertz CT molecular complexity index is 559. The van der Waals surface area contributed by atoms with Crippen molar-refractivity contribution in [1.82, 2.24) is 10.2 Å². The number of carbonyl (C=O) groups is 1. The smallest absolute Gasteiger partial charge is 0.241 e. The van der Waals surface area contributed by atoms with Gasteiger partial charge in [-0.1, -0.05) is 31.9 Å². The largest absolute Gasteiger partial charge is 0.326 e. The Morgan fingerprint density at radius 3 is 2.43 bits per heavy atom. The van der Waals surface area contributed by atoms with Crippen LogP contribution in [0.1, 0.15) is 36.8 Å². The summed E-state index contributed by atoms with van der Waals surface area (Å²) in [5.74, 6) is 0.227. The monoisotopic (exact) mass is 414 g/mol. The van der Waals surface area contributed by atoms with Gasteiger partial charge < -0.3 is 4.90 Å². The maximum Gasteiger partial charge on any atom is 0.241 e. The minimum Gasteiger partial charge on any atom is -0.326 e. The third-order valence-corrected chi connectivity index (χ3v) is 6.57. The van der Waals surface area contributed by atoms with Crippen LogP contribution in [-0.2, 0) is 11.2 Å². The number of benzene rings is 1. The molecule has 1 saturated carbocycles. The van der Waals surface area contributed by atoms with Crippen molar-refractivity contribution in [2.24, 2.45) is 0 Å². The van der Waals surface area contributed by atoms with Gasteiger partial charge in [0.25, 0.3) is 0 Å². The van der Waals surface area contributed by atoms with Crippen LogP contribution in [-0.4, -0.2) is 29.6 Å². The Morgan fingerprint density at radius 2 is 1.86 bits per heavy atom. The summed E-state index contributed by atoms with van der Waals surface area (Å²) in [5.41, 5.74) is 2.28. The van der Waals surface area contributed by atoms with E-state index in [1.165, 1.54) is 24.0 Å². The molecule has 1 N–H and O–H groups in total. The van der Waals surface area contributed by atoms with Gasteiger partial charge >= 0.3 is 0 Å². The number of hydrogen-bond donors (Lipinski definition) is 1. The molecule has 21 heavy (non-hydrogen) atoms. The minimum absolute atomic E-state index is 0.0824. The highest BCUT2D eigenvalue weighted by Crippen LogP contribution is 2.37. The van der Waals surface area contributed by atoms with Gasteiger partial charge in [0.05, 0.1) is 11.7 Å². The first-order chi connectivity index (χ1) is 9.93. The summed E-state index contributed by atoms with van der Waals surface area (Å²) >= 11 is 7.17. The van der Waals surface area contributed by atoms with E-state index in [2.05, 4.69) is 56.2 Å². The highest BCUT2D eigenvalue weighted by Gasteiger charge is 2.49. The molecule has 0 unspecified atom stereocenters. The molecule has 114 valence electrons. The molecule has 1 heterocycles. The summed E-state index contributed by atoms with van der Waals surface area (Å²) in [7, 11) is 1.95. The van der Waals surface area contributed by atoms with Crippen molar-refractivity contribution >= 4 is 37.8 Å². The molecule has 3 rings (SSSR count). The van der Waals surface area contributed by atoms with E-state index < -0.39 is 0 Å². The van der Waals surface area contributed by atoms with Crippen LogP contribution in [0.4, 0.5) is 0 Å². The highest BCUT2D eigenvalue weighted by molar-refractivity contribution is 9.11. The van der Waals surface area contributed by atoms with Crippen LogP contribution < -0.4 is 5.32 Å². The summed E-state index contributed by atoms with van der Waals surface area (Å²) in [6.45, 7) is 2.07. The molecule has 1 aromatic carbocycles. The van der Waals surface area contributed by atoms with Gasteiger partial charge in [-0.05, 0) is 62.3 Å². The number of hydrogen-bond acceptors (Lipinski definition) is 2. The fourth-order valence-corrected chi connectivity index (χ4v) is 4.84. The minimum atomic E-state index is -0.102. The quantitative estimate of drug-likeness (QED) is 0.797. The lowest BCUT2D eigenvalue weighted by molar-refractivity contribution is -0.130. The molecule has 1 saturated heterocycles. The van der Waals surface area contributed by atoms with Crippen LogP contribution >= 0.6 is 31.9 Å². The number of carbonyl (C=O) groups excluding carboxylic acids is 1. The standard InChI is InChI=1S/C16H20Br2N2O/c1-10-12(17)7-11(8-13(10)18)9-14-15(21)20(2)16(19-14)5-3-4-6-16/h7-8,14,19H,3-6,9H2,1-2H3/t14-/m0/s1. The van der Waals surface area contributed by atoms with Gasteiger partial charge in [0.1, 0.15) is 0 Å². The van der Waals surface area contributed by atoms with Crippen molar-refractivity contribution in [3.8, 4) is 0 Å². The van der Waals surface area contributed by atoms with Crippen molar-refractivity contribution in [1.29, 1.82) is 0 Å². The highest BCUT2D eigenvalue weighted by atomic mass is 79.9. The molecule has 0 radical (unpaired) electrons. The second-order valence-corrected chi connectivity index (χ2v) is 7.93. The lowest BCUT2D eigenvalue weighted by Crippen LogP contribution is -2.48. The molecular formula is C16H20Br2N2O. The molecule has 0 aromatic heterocycles. The van der Waals surface area contributed by atoms with Crippen molar-refractivity contribution in [3.05, 3.63) is 32.2 Å². The maximum atomic E-state index is 12.5. The molecular weight excluding hydrogens is 396 g/mol. The fraction of sp³-hybridized carbons (Fsp3) is 0.562. The Kier molecular flexibility index (Phi) is 4.19. The zero-order valence-electron chi connectivity index (χ0n) is 12.4. The van der Waals surface area contributed by atoms with Crippen molar-refractivity contribution in [3.63, 3.8) is 0 Å². The Morgan fingerprint density at radius 1 is 1.29 bits per heavy atom. The average Bonchev–Trinajstić information content (AvgIpc) is 2.99. The number of nitrogens with one attached hydrogen (secondary N) is 1. The van der Waals surface area contributed by atoms with Crippen molar-refractivity contribution < 1.29 is 4.79 Å². The van der Waals surface area contributed by atoms with Gasteiger partial charge in [0, 0.05) is 16.0 Å². The van der Waals surface area contributed by atoms with Crippen LogP contribution in [0.2, 0.25) is 0 Å². The molecule has 1 aliphatic heterocycles. The first kappa shape index (κ1) is 15.5. The molecule has 2 fully saturated rings. The van der Waals surface area contributed by atoms with Crippen molar-refractivity contribution in [2.75, 3.05) is 7.05 Å². The van der Waals surface area contributed by atoms with Crippen LogP contribution in [0.15, 0.2) is 21.1 Å². The van der Waals surface area contributed by atoms with E-state index in [-0.39, 0.29) is 17.6 Å². The summed E-state index contributed by atoms with van der Waals surface area (Å²) in [6, 6.07) is 4.14. The van der Waals surface area contributed by atoms with Crippen LogP contribution in [0, 0.1) is 6.92 Å². The molecule has 1 amide bonds. The molecule has 2 aliphatic rings. The second-order valence-electron chi connectivity index (χ2n) is 6.22. The Hall–Kier alpha value is -0.390. The van der Waals surface area contributed by atoms with Gasteiger partial charge in [-0.15, -0.1) is 0 Å². The maximum absolute atomic E-state index is 12.5. The predicted octanol–water partition coefficient (Wildman–Crippen LogP) is 3.76.